The molecule has 124 valence electrons. The van der Waals surface area contributed by atoms with Crippen LogP contribution in [0.2, 0.25) is 0 Å². The first-order valence-electron chi connectivity index (χ1n) is 8.44. The van der Waals surface area contributed by atoms with Crippen LogP contribution in [0.15, 0.2) is 66.7 Å². The van der Waals surface area contributed by atoms with E-state index >= 15 is 0 Å². The normalized spacial score (nSPS) is 18.0. The second kappa shape index (κ2) is 7.82. The molecule has 0 fully saturated rings. The Balaban J connectivity index is 1.82. The van der Waals surface area contributed by atoms with Gasteiger partial charge in [0.05, 0.1) is 18.7 Å². The Bertz CT molecular complexity index is 692. The molecule has 0 heterocycles. The molecule has 3 nitrogen and oxygen atoms in total. The highest BCUT2D eigenvalue weighted by Crippen LogP contribution is 2.33. The summed E-state index contributed by atoms with van der Waals surface area (Å²) < 4.78 is 4.75. The van der Waals surface area contributed by atoms with Crippen molar-refractivity contribution >= 4 is 11.7 Å². The van der Waals surface area contributed by atoms with Crippen molar-refractivity contribution in [3.05, 3.63) is 77.9 Å². The minimum Gasteiger partial charge on any atom is -0.465 e. The van der Waals surface area contributed by atoms with Gasteiger partial charge in [-0.15, -0.1) is 0 Å². The van der Waals surface area contributed by atoms with Gasteiger partial charge in [0.25, 0.3) is 0 Å². The van der Waals surface area contributed by atoms with E-state index in [1.807, 2.05) is 18.2 Å². The highest BCUT2D eigenvalue weighted by Gasteiger charge is 2.22. The Morgan fingerprint density at radius 1 is 1.12 bits per heavy atom. The molecule has 1 aliphatic carbocycles. The zero-order valence-corrected chi connectivity index (χ0v) is 13.9. The third-order valence-electron chi connectivity index (χ3n) is 4.51. The smallest absolute Gasteiger partial charge is 0.337 e. The molecule has 0 aliphatic heterocycles. The number of nitrogens with one attached hydrogen (secondary N) is 1. The average Bonchev–Trinajstić information content (AvgIpc) is 2.67. The summed E-state index contributed by atoms with van der Waals surface area (Å²) in [6.45, 7) is 0. The Hall–Kier alpha value is -2.55. The number of methoxy groups -OCH3 is 1. The molecule has 2 aromatic rings. The maximum atomic E-state index is 11.6. The Kier molecular flexibility index (Phi) is 5.32. The molecule has 0 saturated carbocycles. The highest BCUT2D eigenvalue weighted by atomic mass is 16.5. The summed E-state index contributed by atoms with van der Waals surface area (Å²) in [5.74, 6) is 0.165. The van der Waals surface area contributed by atoms with Crippen molar-refractivity contribution in [3.8, 4) is 0 Å². The number of benzene rings is 2. The maximum Gasteiger partial charge on any atom is 0.337 e. The summed E-state index contributed by atoms with van der Waals surface area (Å²) in [6, 6.07) is 18.2. The Labute approximate surface area is 143 Å². The van der Waals surface area contributed by atoms with Crippen molar-refractivity contribution in [3.63, 3.8) is 0 Å². The van der Waals surface area contributed by atoms with E-state index in [1.165, 1.54) is 31.9 Å². The molecule has 24 heavy (non-hydrogen) atoms. The van der Waals surface area contributed by atoms with Crippen LogP contribution in [-0.4, -0.2) is 13.1 Å². The van der Waals surface area contributed by atoms with E-state index in [0.717, 1.165) is 5.69 Å². The van der Waals surface area contributed by atoms with Crippen molar-refractivity contribution < 1.29 is 9.53 Å². The summed E-state index contributed by atoms with van der Waals surface area (Å²) in [5.41, 5.74) is 2.86. The minimum atomic E-state index is -0.309. The SMILES string of the molecule is COC(=O)c1ccc(N[C@@H](c2ccccc2)[C@@H]2C=CCCC2)cc1. The fourth-order valence-electron chi connectivity index (χ4n) is 3.21. The lowest BCUT2D eigenvalue weighted by Crippen LogP contribution is -2.21. The van der Waals surface area contributed by atoms with Crippen LogP contribution in [0.5, 0.6) is 0 Å². The van der Waals surface area contributed by atoms with E-state index < -0.39 is 0 Å². The zero-order valence-electron chi connectivity index (χ0n) is 13.9. The highest BCUT2D eigenvalue weighted by molar-refractivity contribution is 5.89. The third-order valence-corrected chi connectivity index (χ3v) is 4.51. The molecule has 0 aromatic heterocycles. The number of carbonyl (C=O) groups is 1. The molecule has 0 bridgehead atoms. The first-order valence-corrected chi connectivity index (χ1v) is 8.44. The predicted octanol–water partition coefficient (Wildman–Crippen LogP) is 4.98. The molecule has 3 rings (SSSR count). The molecule has 0 amide bonds. The fraction of sp³-hybridized carbons (Fsp3) is 0.286. The van der Waals surface area contributed by atoms with Crippen LogP contribution in [0.1, 0.15) is 41.2 Å². The second-order valence-electron chi connectivity index (χ2n) is 6.12. The van der Waals surface area contributed by atoms with Crippen molar-refractivity contribution in [2.24, 2.45) is 5.92 Å². The standard InChI is InChI=1S/C21H23NO2/c1-24-21(23)18-12-14-19(15-13-18)22-20(16-8-4-2-5-9-16)17-10-6-3-7-11-17/h2,4-6,8-10,12-15,17,20,22H,3,7,11H2,1H3/t17-,20+/m1/s1. The number of hydrogen-bond donors (Lipinski definition) is 1. The van der Waals surface area contributed by atoms with E-state index in [9.17, 15) is 4.79 Å². The number of ether oxygens (including phenoxy) is 1. The first-order chi connectivity index (χ1) is 11.8. The van der Waals surface area contributed by atoms with Gasteiger partial charge in [-0.3, -0.25) is 0 Å². The van der Waals surface area contributed by atoms with Crippen LogP contribution in [0.3, 0.4) is 0 Å². The Morgan fingerprint density at radius 3 is 2.50 bits per heavy atom. The molecular weight excluding hydrogens is 298 g/mol. The van der Waals surface area contributed by atoms with Gasteiger partial charge in [-0.2, -0.15) is 0 Å². The van der Waals surface area contributed by atoms with Crippen LogP contribution in [0, 0.1) is 5.92 Å². The molecule has 3 heteroatoms. The number of rotatable bonds is 5. The quantitative estimate of drug-likeness (QED) is 0.623. The molecule has 2 aromatic carbocycles. The Morgan fingerprint density at radius 2 is 1.88 bits per heavy atom. The van der Waals surface area contributed by atoms with Gasteiger partial charge in [0.15, 0.2) is 0 Å². The zero-order chi connectivity index (χ0) is 16.8. The lowest BCUT2D eigenvalue weighted by molar-refractivity contribution is 0.0601. The van der Waals surface area contributed by atoms with Crippen LogP contribution < -0.4 is 5.32 Å². The van der Waals surface area contributed by atoms with E-state index in [1.54, 1.807) is 12.1 Å². The number of esters is 1. The monoisotopic (exact) mass is 321 g/mol. The van der Waals surface area contributed by atoms with Crippen LogP contribution in [0.25, 0.3) is 0 Å². The number of anilines is 1. The fourth-order valence-corrected chi connectivity index (χ4v) is 3.21. The van der Waals surface area contributed by atoms with Crippen molar-refractivity contribution in [2.75, 3.05) is 12.4 Å². The van der Waals surface area contributed by atoms with E-state index in [4.69, 9.17) is 4.74 Å². The topological polar surface area (TPSA) is 38.3 Å². The maximum absolute atomic E-state index is 11.6. The predicted molar refractivity (Wildman–Crippen MR) is 97.1 cm³/mol. The summed E-state index contributed by atoms with van der Waals surface area (Å²) in [7, 11) is 1.40. The van der Waals surface area contributed by atoms with Crippen LogP contribution in [0.4, 0.5) is 5.69 Å². The molecule has 1 N–H and O–H groups in total. The lowest BCUT2D eigenvalue weighted by Gasteiger charge is -2.29. The average molecular weight is 321 g/mol. The van der Waals surface area contributed by atoms with E-state index in [2.05, 4.69) is 41.7 Å². The van der Waals surface area contributed by atoms with Gasteiger partial charge in [0.1, 0.15) is 0 Å². The number of hydrogen-bond acceptors (Lipinski definition) is 3. The molecule has 2 atom stereocenters. The van der Waals surface area contributed by atoms with Crippen molar-refractivity contribution in [1.82, 2.24) is 0 Å². The van der Waals surface area contributed by atoms with Gasteiger partial charge in [-0.05, 0) is 49.1 Å². The van der Waals surface area contributed by atoms with Gasteiger partial charge < -0.3 is 10.1 Å². The summed E-state index contributed by atoms with van der Waals surface area (Å²) in [5, 5.41) is 3.65. The van der Waals surface area contributed by atoms with Crippen molar-refractivity contribution in [2.45, 2.75) is 25.3 Å². The van der Waals surface area contributed by atoms with E-state index in [-0.39, 0.29) is 12.0 Å². The minimum absolute atomic E-state index is 0.228. The van der Waals surface area contributed by atoms with Crippen molar-refractivity contribution in [1.29, 1.82) is 0 Å². The van der Waals surface area contributed by atoms with Gasteiger partial charge in [0, 0.05) is 11.6 Å². The number of carbonyl (C=O) groups excluding carboxylic acids is 1. The molecule has 1 aliphatic rings. The van der Waals surface area contributed by atoms with E-state index in [0.29, 0.717) is 11.5 Å². The largest absolute Gasteiger partial charge is 0.465 e. The molecular formula is C21H23NO2. The second-order valence-corrected chi connectivity index (χ2v) is 6.12. The molecule has 0 saturated heterocycles. The summed E-state index contributed by atoms with van der Waals surface area (Å²) >= 11 is 0. The summed E-state index contributed by atoms with van der Waals surface area (Å²) in [4.78, 5) is 11.6. The lowest BCUT2D eigenvalue weighted by atomic mass is 9.85. The van der Waals surface area contributed by atoms with Gasteiger partial charge in [-0.25, -0.2) is 4.79 Å². The molecule has 0 spiro atoms. The first kappa shape index (κ1) is 16.3. The molecule has 0 unspecified atom stereocenters. The molecule has 0 radical (unpaired) electrons. The van der Waals surface area contributed by atoms with Crippen LogP contribution in [-0.2, 0) is 4.74 Å². The van der Waals surface area contributed by atoms with Gasteiger partial charge in [0.2, 0.25) is 0 Å². The van der Waals surface area contributed by atoms with Gasteiger partial charge >= 0.3 is 5.97 Å². The summed E-state index contributed by atoms with van der Waals surface area (Å²) in [6.07, 6.45) is 8.20. The van der Waals surface area contributed by atoms with Gasteiger partial charge in [-0.1, -0.05) is 42.5 Å². The van der Waals surface area contributed by atoms with Crippen LogP contribution >= 0.6 is 0 Å². The number of allylic oxidation sites excluding steroid dienone is 1. The third kappa shape index (κ3) is 3.85.